The molecule has 0 saturated heterocycles. The number of amides is 1. The van der Waals surface area contributed by atoms with Gasteiger partial charge in [-0.05, 0) is 77.0 Å². The van der Waals surface area contributed by atoms with Gasteiger partial charge < -0.3 is 20.3 Å². The maximum atomic E-state index is 12.4. The van der Waals surface area contributed by atoms with Crippen LogP contribution < -0.4 is 5.32 Å². The number of nitrogens with one attached hydrogen (secondary N) is 1. The largest absolute Gasteiger partial charge is 0.466 e. The minimum Gasteiger partial charge on any atom is -0.466 e. The Morgan fingerprint density at radius 2 is 0.785 bits per heavy atom. The summed E-state index contributed by atoms with van der Waals surface area (Å²) in [5.74, 6) is -0.0477. The van der Waals surface area contributed by atoms with Crippen molar-refractivity contribution in [1.82, 2.24) is 5.32 Å². The first-order valence-electron chi connectivity index (χ1n) is 28.7. The Labute approximate surface area is 404 Å². The fraction of sp³-hybridized carbons (Fsp3) is 0.864. The summed E-state index contributed by atoms with van der Waals surface area (Å²) in [7, 11) is 0. The first kappa shape index (κ1) is 63.1. The molecular weight excluding hydrogens is 803 g/mol. The van der Waals surface area contributed by atoms with Crippen molar-refractivity contribution in [2.45, 2.75) is 315 Å². The molecule has 0 fully saturated rings. The first-order chi connectivity index (χ1) is 32.0. The number of hydrogen-bond donors (Lipinski definition) is 3. The number of esters is 1. The fourth-order valence-electron chi connectivity index (χ4n) is 8.71. The van der Waals surface area contributed by atoms with Crippen LogP contribution in [0.1, 0.15) is 303 Å². The quantitative estimate of drug-likeness (QED) is 0.0321. The van der Waals surface area contributed by atoms with Crippen molar-refractivity contribution in [1.29, 1.82) is 0 Å². The lowest BCUT2D eigenvalue weighted by molar-refractivity contribution is -0.143. The highest BCUT2D eigenvalue weighted by Gasteiger charge is 2.20. The molecule has 0 aromatic heterocycles. The van der Waals surface area contributed by atoms with Crippen LogP contribution in [0, 0.1) is 0 Å². The number of allylic oxidation sites excluding steroid dienone is 6. The molecule has 1 amide bonds. The molecule has 2 atom stereocenters. The molecule has 0 rings (SSSR count). The molecule has 65 heavy (non-hydrogen) atoms. The van der Waals surface area contributed by atoms with Crippen LogP contribution in [0.5, 0.6) is 0 Å². The van der Waals surface area contributed by atoms with Crippen LogP contribution in [-0.4, -0.2) is 47.4 Å². The zero-order valence-corrected chi connectivity index (χ0v) is 43.5. The van der Waals surface area contributed by atoms with Gasteiger partial charge in [-0.1, -0.05) is 249 Å². The molecule has 6 heteroatoms. The van der Waals surface area contributed by atoms with E-state index in [4.69, 9.17) is 4.74 Å². The average molecular weight is 915 g/mol. The van der Waals surface area contributed by atoms with Crippen molar-refractivity contribution in [3.8, 4) is 0 Å². The predicted molar refractivity (Wildman–Crippen MR) is 283 cm³/mol. The smallest absolute Gasteiger partial charge is 0.305 e. The zero-order valence-electron chi connectivity index (χ0n) is 43.5. The first-order valence-corrected chi connectivity index (χ1v) is 28.7. The molecule has 382 valence electrons. The number of carbonyl (C=O) groups excluding carboxylic acids is 2. The second-order valence-electron chi connectivity index (χ2n) is 19.6. The maximum Gasteiger partial charge on any atom is 0.305 e. The monoisotopic (exact) mass is 914 g/mol. The fourth-order valence-corrected chi connectivity index (χ4v) is 8.71. The van der Waals surface area contributed by atoms with Crippen LogP contribution in [0.15, 0.2) is 36.5 Å². The third-order valence-corrected chi connectivity index (χ3v) is 13.2. The van der Waals surface area contributed by atoms with Crippen molar-refractivity contribution >= 4 is 11.9 Å². The van der Waals surface area contributed by atoms with Crippen LogP contribution in [0.2, 0.25) is 0 Å². The number of ether oxygens (including phenoxy) is 1. The predicted octanol–water partition coefficient (Wildman–Crippen LogP) is 17.6. The van der Waals surface area contributed by atoms with Crippen LogP contribution >= 0.6 is 0 Å². The van der Waals surface area contributed by atoms with Crippen molar-refractivity contribution in [2.75, 3.05) is 13.2 Å². The molecule has 3 N–H and O–H groups in total. The van der Waals surface area contributed by atoms with Gasteiger partial charge in [-0.3, -0.25) is 9.59 Å². The summed E-state index contributed by atoms with van der Waals surface area (Å²) in [4.78, 5) is 24.5. The number of carbonyl (C=O) groups is 2. The second kappa shape index (κ2) is 54.7. The van der Waals surface area contributed by atoms with E-state index in [1.807, 2.05) is 0 Å². The Balaban J connectivity index is 3.42. The number of aliphatic hydroxyl groups is 2. The SMILES string of the molecule is CCCC/C=C\C/C=C\CCCCCCCC(=O)OCCCCCCCCCCCCC/C=C\CCCCCCCCCC(=O)NC(CO)C(O)CCCCCCCCCCCCCC. The topological polar surface area (TPSA) is 95.9 Å². The molecule has 0 radical (unpaired) electrons. The van der Waals surface area contributed by atoms with E-state index in [1.165, 1.54) is 218 Å². The van der Waals surface area contributed by atoms with E-state index in [0.717, 1.165) is 51.4 Å². The molecule has 0 spiro atoms. The van der Waals surface area contributed by atoms with Gasteiger partial charge in [-0.15, -0.1) is 0 Å². The van der Waals surface area contributed by atoms with Gasteiger partial charge in [0.1, 0.15) is 0 Å². The Morgan fingerprint density at radius 1 is 0.431 bits per heavy atom. The summed E-state index contributed by atoms with van der Waals surface area (Å²) in [5, 5.41) is 23.2. The summed E-state index contributed by atoms with van der Waals surface area (Å²) in [6.07, 6.45) is 67.1. The summed E-state index contributed by atoms with van der Waals surface area (Å²) in [6, 6.07) is -0.546. The van der Waals surface area contributed by atoms with Gasteiger partial charge in [0, 0.05) is 12.8 Å². The lowest BCUT2D eigenvalue weighted by Crippen LogP contribution is -2.45. The van der Waals surface area contributed by atoms with Gasteiger partial charge >= 0.3 is 5.97 Å². The molecule has 0 aromatic rings. The van der Waals surface area contributed by atoms with Gasteiger partial charge in [-0.25, -0.2) is 0 Å². The normalized spacial score (nSPS) is 12.9. The molecule has 0 aliphatic carbocycles. The van der Waals surface area contributed by atoms with Gasteiger partial charge in [0.2, 0.25) is 5.91 Å². The number of aliphatic hydroxyl groups excluding tert-OH is 2. The third-order valence-electron chi connectivity index (χ3n) is 13.2. The minimum absolute atomic E-state index is 0.00499. The lowest BCUT2D eigenvalue weighted by atomic mass is 10.0. The molecule has 0 aliphatic rings. The molecule has 0 aliphatic heterocycles. The van der Waals surface area contributed by atoms with Crippen LogP contribution in [0.4, 0.5) is 0 Å². The molecule has 0 heterocycles. The summed E-state index contributed by atoms with van der Waals surface area (Å²) >= 11 is 0. The lowest BCUT2D eigenvalue weighted by Gasteiger charge is -2.22. The molecule has 0 aromatic carbocycles. The van der Waals surface area contributed by atoms with Crippen molar-refractivity contribution in [3.05, 3.63) is 36.5 Å². The van der Waals surface area contributed by atoms with E-state index in [1.54, 1.807) is 0 Å². The van der Waals surface area contributed by atoms with Gasteiger partial charge in [0.25, 0.3) is 0 Å². The van der Waals surface area contributed by atoms with Gasteiger partial charge in [0.15, 0.2) is 0 Å². The zero-order chi connectivity index (χ0) is 47.2. The van der Waals surface area contributed by atoms with Crippen LogP contribution in [-0.2, 0) is 14.3 Å². The van der Waals surface area contributed by atoms with Gasteiger partial charge in [0.05, 0.1) is 25.4 Å². The molecule has 6 nitrogen and oxygen atoms in total. The third kappa shape index (κ3) is 51.3. The molecule has 0 saturated carbocycles. The number of unbranched alkanes of at least 4 members (excludes halogenated alkanes) is 36. The Hall–Kier alpha value is -1.92. The number of rotatable bonds is 53. The van der Waals surface area contributed by atoms with E-state index < -0.39 is 12.1 Å². The summed E-state index contributed by atoms with van der Waals surface area (Å²) in [6.45, 7) is 4.90. The van der Waals surface area contributed by atoms with E-state index in [-0.39, 0.29) is 18.5 Å². The molecule has 0 bridgehead atoms. The van der Waals surface area contributed by atoms with Crippen LogP contribution in [0.25, 0.3) is 0 Å². The average Bonchev–Trinajstić information content (AvgIpc) is 3.31. The van der Waals surface area contributed by atoms with E-state index in [2.05, 4.69) is 55.6 Å². The van der Waals surface area contributed by atoms with Gasteiger partial charge in [-0.2, -0.15) is 0 Å². The van der Waals surface area contributed by atoms with E-state index in [0.29, 0.717) is 25.9 Å². The van der Waals surface area contributed by atoms with Crippen LogP contribution in [0.3, 0.4) is 0 Å². The van der Waals surface area contributed by atoms with E-state index >= 15 is 0 Å². The van der Waals surface area contributed by atoms with E-state index in [9.17, 15) is 19.8 Å². The minimum atomic E-state index is -0.668. The second-order valence-corrected chi connectivity index (χ2v) is 19.6. The highest BCUT2D eigenvalue weighted by atomic mass is 16.5. The highest BCUT2D eigenvalue weighted by molar-refractivity contribution is 5.76. The molecule has 2 unspecified atom stereocenters. The molecular formula is C59H111NO5. The standard InChI is InChI=1S/C59H111NO5/c1-3-5-7-9-11-13-15-17-29-33-37-41-45-49-53-59(64)65-54-50-46-42-38-34-30-27-25-23-21-19-18-20-22-24-26-28-32-36-40-44-48-52-58(63)60-56(55-61)57(62)51-47-43-39-35-31-16-14-12-10-8-6-4-2/h9,11,15,17,20,22,56-57,61-62H,3-8,10,12-14,16,18-19,21,23-55H2,1-2H3,(H,60,63)/b11-9-,17-15-,22-20-. The Morgan fingerprint density at radius 3 is 1.23 bits per heavy atom. The Bertz CT molecular complexity index is 1060. The van der Waals surface area contributed by atoms with Crippen molar-refractivity contribution in [2.24, 2.45) is 0 Å². The summed E-state index contributed by atoms with van der Waals surface area (Å²) < 4.78 is 5.47. The maximum absolute atomic E-state index is 12.4. The summed E-state index contributed by atoms with van der Waals surface area (Å²) in [5.41, 5.74) is 0. The van der Waals surface area contributed by atoms with Crippen molar-refractivity contribution in [3.63, 3.8) is 0 Å². The Kier molecular flexibility index (Phi) is 53.1. The highest BCUT2D eigenvalue weighted by Crippen LogP contribution is 2.16. The van der Waals surface area contributed by atoms with Crippen molar-refractivity contribution < 1.29 is 24.5 Å². The number of hydrogen-bond acceptors (Lipinski definition) is 5.